The maximum absolute atomic E-state index is 12.4. The summed E-state index contributed by atoms with van der Waals surface area (Å²) in [6.45, 7) is 9.54. The van der Waals surface area contributed by atoms with Crippen LogP contribution in [0.2, 0.25) is 0 Å². The molecule has 0 spiro atoms. The minimum absolute atomic E-state index is 0.626. The molecule has 0 saturated heterocycles. The molecule has 6 nitrogen and oxygen atoms in total. The van der Waals surface area contributed by atoms with Gasteiger partial charge < -0.3 is 9.84 Å². The fourth-order valence-corrected chi connectivity index (χ4v) is 3.90. The Hall–Kier alpha value is -3.51. The second-order valence-corrected chi connectivity index (χ2v) is 9.00. The third kappa shape index (κ3) is 4.27. The van der Waals surface area contributed by atoms with Crippen molar-refractivity contribution in [1.29, 1.82) is 0 Å². The smallest absolute Gasteiger partial charge is 0.337 e. The standard InChI is InChI=1S/C26H27N3O3/c1-16-6-8-18(9-7-16)23-19-10-11-21(29-13-12-27-15-29)28-20(19)14-17(2)22(23)24(25(30)31)32-26(3,4)5/h6-15,24H,1-5H3,(H,30,31)/t24-/m0/s1. The molecule has 32 heavy (non-hydrogen) atoms. The second-order valence-electron chi connectivity index (χ2n) is 9.00. The number of fused-ring (bicyclic) bond motifs is 1. The van der Waals surface area contributed by atoms with E-state index in [0.717, 1.165) is 39.0 Å². The number of hydrogen-bond acceptors (Lipinski definition) is 4. The van der Waals surface area contributed by atoms with Crippen molar-refractivity contribution in [2.45, 2.75) is 46.3 Å². The Kier molecular flexibility index (Phi) is 5.57. The van der Waals surface area contributed by atoms with Crippen molar-refractivity contribution in [3.63, 3.8) is 0 Å². The number of carboxylic acid groups (broad SMARTS) is 1. The lowest BCUT2D eigenvalue weighted by molar-refractivity contribution is -0.160. The number of aryl methyl sites for hydroxylation is 2. The molecule has 1 N–H and O–H groups in total. The lowest BCUT2D eigenvalue weighted by Crippen LogP contribution is -2.28. The molecule has 2 aromatic carbocycles. The highest BCUT2D eigenvalue weighted by Crippen LogP contribution is 2.40. The maximum atomic E-state index is 12.4. The summed E-state index contributed by atoms with van der Waals surface area (Å²) >= 11 is 0. The second kappa shape index (κ2) is 8.20. The van der Waals surface area contributed by atoms with Crippen molar-refractivity contribution in [2.24, 2.45) is 0 Å². The van der Waals surface area contributed by atoms with Gasteiger partial charge in [-0.1, -0.05) is 29.8 Å². The largest absolute Gasteiger partial charge is 0.479 e. The van der Waals surface area contributed by atoms with Gasteiger partial charge in [0.1, 0.15) is 12.1 Å². The topological polar surface area (TPSA) is 77.2 Å². The van der Waals surface area contributed by atoms with E-state index in [1.54, 1.807) is 12.5 Å². The van der Waals surface area contributed by atoms with Gasteiger partial charge in [0.25, 0.3) is 0 Å². The van der Waals surface area contributed by atoms with Crippen molar-refractivity contribution >= 4 is 16.9 Å². The number of benzene rings is 2. The molecular formula is C26H27N3O3. The summed E-state index contributed by atoms with van der Waals surface area (Å²) < 4.78 is 7.90. The van der Waals surface area contributed by atoms with Gasteiger partial charge in [0.05, 0.1) is 11.1 Å². The van der Waals surface area contributed by atoms with Gasteiger partial charge in [-0.3, -0.25) is 4.57 Å². The molecule has 0 aliphatic rings. The average molecular weight is 430 g/mol. The van der Waals surface area contributed by atoms with Gasteiger partial charge in [-0.25, -0.2) is 14.8 Å². The van der Waals surface area contributed by atoms with Crippen LogP contribution in [0.1, 0.15) is 43.6 Å². The summed E-state index contributed by atoms with van der Waals surface area (Å²) in [6, 6.07) is 13.9. The number of rotatable bonds is 5. The van der Waals surface area contributed by atoms with Crippen molar-refractivity contribution in [3.8, 4) is 16.9 Å². The Morgan fingerprint density at radius 2 is 1.81 bits per heavy atom. The number of hydrogen-bond donors (Lipinski definition) is 1. The first-order valence-corrected chi connectivity index (χ1v) is 10.5. The van der Waals surface area contributed by atoms with Crippen LogP contribution in [-0.2, 0) is 9.53 Å². The molecule has 2 aromatic heterocycles. The zero-order valence-corrected chi connectivity index (χ0v) is 19.0. The third-order valence-electron chi connectivity index (χ3n) is 5.29. The monoisotopic (exact) mass is 429 g/mol. The van der Waals surface area contributed by atoms with Crippen LogP contribution in [0.15, 0.2) is 61.2 Å². The molecule has 0 radical (unpaired) electrons. The molecule has 0 aliphatic heterocycles. The van der Waals surface area contributed by atoms with E-state index in [-0.39, 0.29) is 0 Å². The lowest BCUT2D eigenvalue weighted by atomic mass is 9.88. The molecular weight excluding hydrogens is 402 g/mol. The van der Waals surface area contributed by atoms with Crippen molar-refractivity contribution in [3.05, 3.63) is 77.9 Å². The van der Waals surface area contributed by atoms with Crippen molar-refractivity contribution < 1.29 is 14.6 Å². The molecule has 0 bridgehead atoms. The minimum atomic E-state index is -1.11. The predicted molar refractivity (Wildman–Crippen MR) is 125 cm³/mol. The van der Waals surface area contributed by atoms with Gasteiger partial charge in [0, 0.05) is 23.3 Å². The first-order valence-electron chi connectivity index (χ1n) is 10.5. The van der Waals surface area contributed by atoms with Gasteiger partial charge in [-0.2, -0.15) is 0 Å². The Balaban J connectivity index is 2.03. The summed E-state index contributed by atoms with van der Waals surface area (Å²) in [7, 11) is 0. The number of nitrogens with zero attached hydrogens (tertiary/aromatic N) is 3. The molecule has 164 valence electrons. The SMILES string of the molecule is Cc1ccc(-c2c([C@H](OC(C)(C)C)C(=O)O)c(C)cc3nc(-n4ccnc4)ccc23)cc1. The normalized spacial score (nSPS) is 12.8. The summed E-state index contributed by atoms with van der Waals surface area (Å²) in [5.41, 5.74) is 4.53. The summed E-state index contributed by atoms with van der Waals surface area (Å²) in [4.78, 5) is 21.3. The highest BCUT2D eigenvalue weighted by molar-refractivity contribution is 5.99. The molecule has 6 heteroatoms. The number of pyridine rings is 1. The molecule has 0 amide bonds. The van der Waals surface area contributed by atoms with Crippen LogP contribution in [0.4, 0.5) is 0 Å². The van der Waals surface area contributed by atoms with E-state index in [1.807, 2.05) is 87.8 Å². The fourth-order valence-electron chi connectivity index (χ4n) is 3.90. The Bertz CT molecular complexity index is 1270. The van der Waals surface area contributed by atoms with Crippen molar-refractivity contribution in [1.82, 2.24) is 14.5 Å². The van der Waals surface area contributed by atoms with E-state index < -0.39 is 17.7 Å². The molecule has 1 atom stereocenters. The quantitative estimate of drug-likeness (QED) is 0.444. The number of aromatic nitrogens is 3. The van der Waals surface area contributed by atoms with Crippen LogP contribution in [0.3, 0.4) is 0 Å². The molecule has 0 saturated carbocycles. The molecule has 4 aromatic rings. The Morgan fingerprint density at radius 3 is 2.41 bits per heavy atom. The average Bonchev–Trinajstić information content (AvgIpc) is 3.26. The summed E-state index contributed by atoms with van der Waals surface area (Å²) in [5.74, 6) is -0.267. The molecule has 2 heterocycles. The van der Waals surface area contributed by atoms with Gasteiger partial charge in [-0.05, 0) is 69.5 Å². The van der Waals surface area contributed by atoms with E-state index in [2.05, 4.69) is 4.98 Å². The highest BCUT2D eigenvalue weighted by Gasteiger charge is 2.31. The summed E-state index contributed by atoms with van der Waals surface area (Å²) in [6.07, 6.45) is 4.14. The molecule has 4 rings (SSSR count). The number of imidazole rings is 1. The van der Waals surface area contributed by atoms with Gasteiger partial charge >= 0.3 is 5.97 Å². The first kappa shape index (κ1) is 21.7. The molecule has 0 fully saturated rings. The Morgan fingerprint density at radius 1 is 1.09 bits per heavy atom. The zero-order valence-electron chi connectivity index (χ0n) is 19.0. The van der Waals surface area contributed by atoms with Crippen LogP contribution in [-0.4, -0.2) is 31.2 Å². The number of carbonyl (C=O) groups is 1. The zero-order chi connectivity index (χ0) is 23.0. The molecule has 0 aliphatic carbocycles. The van der Waals surface area contributed by atoms with Crippen LogP contribution in [0.5, 0.6) is 0 Å². The van der Waals surface area contributed by atoms with Gasteiger partial charge in [-0.15, -0.1) is 0 Å². The van der Waals surface area contributed by atoms with Crippen LogP contribution in [0, 0.1) is 13.8 Å². The number of carboxylic acids is 1. The van der Waals surface area contributed by atoms with E-state index >= 15 is 0 Å². The van der Waals surface area contributed by atoms with Crippen molar-refractivity contribution in [2.75, 3.05) is 0 Å². The van der Waals surface area contributed by atoms with E-state index in [0.29, 0.717) is 5.56 Å². The highest BCUT2D eigenvalue weighted by atomic mass is 16.5. The third-order valence-corrected chi connectivity index (χ3v) is 5.29. The number of ether oxygens (including phenoxy) is 1. The van der Waals surface area contributed by atoms with E-state index in [1.165, 1.54) is 0 Å². The number of aliphatic carboxylic acids is 1. The Labute approximate surface area is 187 Å². The fraction of sp³-hybridized carbons (Fsp3) is 0.269. The van der Waals surface area contributed by atoms with E-state index in [4.69, 9.17) is 9.72 Å². The lowest BCUT2D eigenvalue weighted by Gasteiger charge is -2.28. The van der Waals surface area contributed by atoms with Gasteiger partial charge in [0.2, 0.25) is 0 Å². The minimum Gasteiger partial charge on any atom is -0.479 e. The predicted octanol–water partition coefficient (Wildman–Crippen LogP) is 5.65. The van der Waals surface area contributed by atoms with Gasteiger partial charge in [0.15, 0.2) is 6.10 Å². The molecule has 0 unspecified atom stereocenters. The van der Waals surface area contributed by atoms with E-state index in [9.17, 15) is 9.90 Å². The first-order chi connectivity index (χ1) is 15.1. The van der Waals surface area contributed by atoms with Crippen LogP contribution in [0.25, 0.3) is 27.8 Å². The summed E-state index contributed by atoms with van der Waals surface area (Å²) in [5, 5.41) is 11.0. The van der Waals surface area contributed by atoms with Crippen LogP contribution < -0.4 is 0 Å². The maximum Gasteiger partial charge on any atom is 0.337 e. The van der Waals surface area contributed by atoms with Crippen LogP contribution >= 0.6 is 0 Å².